The van der Waals surface area contributed by atoms with Crippen molar-refractivity contribution in [2.24, 2.45) is 5.41 Å². The van der Waals surface area contributed by atoms with Gasteiger partial charge in [0.05, 0.1) is 6.42 Å². The SMILES string of the molecule is CC(C)(CCc1ccc(CCCc2cc(C(C)(C)C)c(O)c(C(C)(C)C)c2)s1)CC(=O)O. The molecule has 3 nitrogen and oxygen atoms in total. The fourth-order valence-electron chi connectivity index (χ4n) is 4.10. The van der Waals surface area contributed by atoms with E-state index in [4.69, 9.17) is 5.11 Å². The van der Waals surface area contributed by atoms with Crippen LogP contribution in [0.2, 0.25) is 0 Å². The molecule has 0 radical (unpaired) electrons. The van der Waals surface area contributed by atoms with Gasteiger partial charge in [-0.25, -0.2) is 0 Å². The molecule has 0 saturated carbocycles. The molecule has 1 aromatic heterocycles. The summed E-state index contributed by atoms with van der Waals surface area (Å²) in [5.41, 5.74) is 2.98. The van der Waals surface area contributed by atoms with E-state index < -0.39 is 5.97 Å². The molecule has 0 fully saturated rings. The highest BCUT2D eigenvalue weighted by Gasteiger charge is 2.26. The Bertz CT molecular complexity index is 888. The smallest absolute Gasteiger partial charge is 0.303 e. The van der Waals surface area contributed by atoms with Gasteiger partial charge in [0.15, 0.2) is 0 Å². The second-order valence-corrected chi connectivity index (χ2v) is 13.2. The van der Waals surface area contributed by atoms with Crippen LogP contribution in [-0.4, -0.2) is 16.2 Å². The van der Waals surface area contributed by atoms with E-state index in [0.29, 0.717) is 5.75 Å². The topological polar surface area (TPSA) is 57.5 Å². The standard InChI is InChI=1S/C28H42O3S/c1-26(2,3)22-16-19(17-23(25(22)31)27(4,5)6)10-9-11-20-12-13-21(32-20)14-15-28(7,8)18-24(29)30/h12-13,16-17,31H,9-11,14-15,18H2,1-8H3,(H,29,30). The third-order valence-electron chi connectivity index (χ3n) is 6.07. The van der Waals surface area contributed by atoms with Crippen LogP contribution in [0.25, 0.3) is 0 Å². The summed E-state index contributed by atoms with van der Waals surface area (Å²) >= 11 is 1.86. The van der Waals surface area contributed by atoms with Gasteiger partial charge in [-0.1, -0.05) is 67.5 Å². The van der Waals surface area contributed by atoms with Crippen molar-refractivity contribution in [2.75, 3.05) is 0 Å². The van der Waals surface area contributed by atoms with Gasteiger partial charge < -0.3 is 10.2 Å². The zero-order valence-electron chi connectivity index (χ0n) is 21.3. The first kappa shape index (κ1) is 26.4. The van der Waals surface area contributed by atoms with Crippen LogP contribution in [0.15, 0.2) is 24.3 Å². The lowest BCUT2D eigenvalue weighted by Gasteiger charge is -2.28. The van der Waals surface area contributed by atoms with Crippen LogP contribution in [0.5, 0.6) is 5.75 Å². The fourth-order valence-corrected chi connectivity index (χ4v) is 5.16. The van der Waals surface area contributed by atoms with Crippen LogP contribution in [0.1, 0.15) is 101 Å². The molecular formula is C28H42O3S. The van der Waals surface area contributed by atoms with Crippen molar-refractivity contribution in [3.05, 3.63) is 50.7 Å². The van der Waals surface area contributed by atoms with E-state index in [1.165, 1.54) is 15.3 Å². The second-order valence-electron chi connectivity index (χ2n) is 12.0. The Hall–Kier alpha value is -1.81. The highest BCUT2D eigenvalue weighted by atomic mass is 32.1. The van der Waals surface area contributed by atoms with E-state index in [9.17, 15) is 9.90 Å². The number of aliphatic carboxylic acids is 1. The summed E-state index contributed by atoms with van der Waals surface area (Å²) in [6.45, 7) is 17.0. The van der Waals surface area contributed by atoms with E-state index in [1.54, 1.807) is 0 Å². The number of hydrogen-bond acceptors (Lipinski definition) is 3. The Kier molecular flexibility index (Phi) is 8.25. The van der Waals surface area contributed by atoms with Gasteiger partial charge in [0.1, 0.15) is 5.75 Å². The average molecular weight is 459 g/mol. The number of benzene rings is 1. The van der Waals surface area contributed by atoms with Crippen molar-refractivity contribution in [3.8, 4) is 5.75 Å². The normalized spacial score (nSPS) is 12.9. The van der Waals surface area contributed by atoms with Crippen molar-refractivity contribution < 1.29 is 15.0 Å². The molecule has 0 atom stereocenters. The summed E-state index contributed by atoms with van der Waals surface area (Å²) in [5.74, 6) is -0.275. The Morgan fingerprint density at radius 2 is 1.34 bits per heavy atom. The minimum atomic E-state index is -0.722. The number of hydrogen-bond donors (Lipinski definition) is 2. The summed E-state index contributed by atoms with van der Waals surface area (Å²) in [6, 6.07) is 8.80. The number of aromatic hydroxyl groups is 1. The first-order chi connectivity index (χ1) is 14.6. The van der Waals surface area contributed by atoms with Crippen LogP contribution in [-0.2, 0) is 34.9 Å². The number of aryl methyl sites for hydroxylation is 3. The van der Waals surface area contributed by atoms with E-state index >= 15 is 0 Å². The number of phenolic OH excluding ortho intramolecular Hbond substituents is 1. The number of rotatable bonds is 9. The zero-order valence-corrected chi connectivity index (χ0v) is 22.1. The minimum absolute atomic E-state index is 0.100. The quantitative estimate of drug-likeness (QED) is 0.405. The van der Waals surface area contributed by atoms with Crippen LogP contribution >= 0.6 is 11.3 Å². The molecule has 2 N–H and O–H groups in total. The van der Waals surface area contributed by atoms with Gasteiger partial charge in [-0.15, -0.1) is 11.3 Å². The van der Waals surface area contributed by atoms with Gasteiger partial charge in [-0.05, 0) is 77.2 Å². The number of carboxylic acid groups (broad SMARTS) is 1. The second kappa shape index (κ2) is 9.99. The molecule has 0 aliphatic heterocycles. The minimum Gasteiger partial charge on any atom is -0.507 e. The lowest BCUT2D eigenvalue weighted by atomic mass is 9.78. The summed E-state index contributed by atoms with van der Waals surface area (Å²) in [4.78, 5) is 13.8. The Morgan fingerprint density at radius 3 is 1.81 bits per heavy atom. The Morgan fingerprint density at radius 1 is 0.844 bits per heavy atom. The van der Waals surface area contributed by atoms with Crippen molar-refractivity contribution in [3.63, 3.8) is 0 Å². The maximum Gasteiger partial charge on any atom is 0.303 e. The van der Waals surface area contributed by atoms with Gasteiger partial charge in [-0.3, -0.25) is 4.79 Å². The van der Waals surface area contributed by atoms with Crippen LogP contribution in [0, 0.1) is 5.41 Å². The molecule has 32 heavy (non-hydrogen) atoms. The van der Waals surface area contributed by atoms with E-state index in [0.717, 1.165) is 43.2 Å². The number of carbonyl (C=O) groups is 1. The largest absolute Gasteiger partial charge is 0.507 e. The predicted molar refractivity (Wildman–Crippen MR) is 136 cm³/mol. The summed E-state index contributed by atoms with van der Waals surface area (Å²) in [6.07, 6.45) is 5.14. The van der Waals surface area contributed by atoms with Gasteiger partial charge >= 0.3 is 5.97 Å². The molecule has 0 aliphatic rings. The highest BCUT2D eigenvalue weighted by molar-refractivity contribution is 7.11. The van der Waals surface area contributed by atoms with Gasteiger partial charge in [0.2, 0.25) is 0 Å². The molecule has 4 heteroatoms. The molecule has 1 aromatic carbocycles. The van der Waals surface area contributed by atoms with Gasteiger partial charge in [0, 0.05) is 9.75 Å². The monoisotopic (exact) mass is 458 g/mol. The van der Waals surface area contributed by atoms with Crippen molar-refractivity contribution in [1.29, 1.82) is 0 Å². The summed E-state index contributed by atoms with van der Waals surface area (Å²) in [5, 5.41) is 20.0. The first-order valence-electron chi connectivity index (χ1n) is 11.7. The molecule has 178 valence electrons. The van der Waals surface area contributed by atoms with Crippen LogP contribution < -0.4 is 0 Å². The summed E-state index contributed by atoms with van der Waals surface area (Å²) in [7, 11) is 0. The summed E-state index contributed by atoms with van der Waals surface area (Å²) < 4.78 is 0. The molecular weight excluding hydrogens is 416 g/mol. The zero-order chi connectivity index (χ0) is 24.3. The first-order valence-corrected chi connectivity index (χ1v) is 12.6. The third-order valence-corrected chi connectivity index (χ3v) is 7.27. The van der Waals surface area contributed by atoms with Crippen molar-refractivity contribution in [2.45, 2.75) is 105 Å². The van der Waals surface area contributed by atoms with E-state index in [-0.39, 0.29) is 22.7 Å². The molecule has 0 spiro atoms. The number of phenols is 1. The van der Waals surface area contributed by atoms with Gasteiger partial charge in [0.25, 0.3) is 0 Å². The van der Waals surface area contributed by atoms with Gasteiger partial charge in [-0.2, -0.15) is 0 Å². The van der Waals surface area contributed by atoms with E-state index in [1.807, 2.05) is 25.2 Å². The molecule has 2 rings (SSSR count). The van der Waals surface area contributed by atoms with Crippen LogP contribution in [0.3, 0.4) is 0 Å². The third kappa shape index (κ3) is 7.65. The predicted octanol–water partition coefficient (Wildman–Crippen LogP) is 7.66. The highest BCUT2D eigenvalue weighted by Crippen LogP contribution is 2.40. The average Bonchev–Trinajstić information content (AvgIpc) is 3.06. The molecule has 0 bridgehead atoms. The number of carboxylic acids is 1. The molecule has 2 aromatic rings. The maximum atomic E-state index is 11.0. The fraction of sp³-hybridized carbons (Fsp3) is 0.607. The molecule has 1 heterocycles. The Labute approximate surface area is 198 Å². The Balaban J connectivity index is 2.03. The maximum absolute atomic E-state index is 11.0. The molecule has 0 amide bonds. The lowest BCUT2D eigenvalue weighted by molar-refractivity contribution is -0.139. The molecule has 0 aliphatic carbocycles. The number of thiophene rings is 1. The molecule has 0 saturated heterocycles. The van der Waals surface area contributed by atoms with E-state index in [2.05, 4.69) is 65.8 Å². The molecule has 0 unspecified atom stereocenters. The van der Waals surface area contributed by atoms with Crippen LogP contribution in [0.4, 0.5) is 0 Å². The van der Waals surface area contributed by atoms with Crippen molar-refractivity contribution >= 4 is 17.3 Å². The lowest BCUT2D eigenvalue weighted by Crippen LogP contribution is -2.18. The van der Waals surface area contributed by atoms with Crippen molar-refractivity contribution in [1.82, 2.24) is 0 Å².